The lowest BCUT2D eigenvalue weighted by atomic mass is 10.3. The van der Waals surface area contributed by atoms with E-state index in [-0.39, 0.29) is 0 Å². The first kappa shape index (κ1) is 10.8. The van der Waals surface area contributed by atoms with Crippen LogP contribution in [-0.2, 0) is 11.2 Å². The maximum Gasteiger partial charge on any atom is 0.254 e. The highest BCUT2D eigenvalue weighted by Gasteiger charge is 2.05. The zero-order valence-corrected chi connectivity index (χ0v) is 9.47. The van der Waals surface area contributed by atoms with Gasteiger partial charge >= 0.3 is 0 Å². The number of rotatable bonds is 5. The predicted molar refractivity (Wildman–Crippen MR) is 60.5 cm³/mol. The molecule has 0 aliphatic carbocycles. The first-order chi connectivity index (χ1) is 7.85. The Labute approximate surface area is 93.7 Å². The molecular weight excluding hydrogens is 206 g/mol. The molecule has 0 bridgehead atoms. The third-order valence-electron chi connectivity index (χ3n) is 2.28. The van der Waals surface area contributed by atoms with Crippen molar-refractivity contribution < 1.29 is 4.74 Å². The van der Waals surface area contributed by atoms with Crippen LogP contribution in [0.15, 0.2) is 12.4 Å². The normalized spacial score (nSPS) is 10.9. The summed E-state index contributed by atoms with van der Waals surface area (Å²) in [4.78, 5) is 8.45. The molecule has 0 saturated heterocycles. The Hall–Kier alpha value is -1.69. The van der Waals surface area contributed by atoms with Crippen LogP contribution in [0.5, 0.6) is 0 Å². The molecule has 2 aromatic heterocycles. The van der Waals surface area contributed by atoms with Crippen molar-refractivity contribution in [2.45, 2.75) is 13.3 Å². The zero-order chi connectivity index (χ0) is 11.4. The Bertz CT molecular complexity index is 467. The second-order valence-corrected chi connectivity index (χ2v) is 3.38. The minimum absolute atomic E-state index is 0.624. The molecule has 2 aromatic rings. The molecule has 1 N–H and O–H groups in total. The zero-order valence-electron chi connectivity index (χ0n) is 9.47. The van der Waals surface area contributed by atoms with Gasteiger partial charge in [0.05, 0.1) is 6.61 Å². The second-order valence-electron chi connectivity index (χ2n) is 3.38. The monoisotopic (exact) mass is 221 g/mol. The molecule has 6 heteroatoms. The van der Waals surface area contributed by atoms with Crippen molar-refractivity contribution in [1.29, 1.82) is 0 Å². The lowest BCUT2D eigenvalue weighted by Gasteiger charge is -2.08. The SMILES string of the molecule is CCc1cc(NCCOC)n2ncnc2n1. The lowest BCUT2D eigenvalue weighted by Crippen LogP contribution is -2.12. The van der Waals surface area contributed by atoms with Crippen molar-refractivity contribution in [1.82, 2.24) is 19.6 Å². The topological polar surface area (TPSA) is 64.3 Å². The molecule has 0 aliphatic rings. The molecule has 0 aromatic carbocycles. The van der Waals surface area contributed by atoms with E-state index in [1.807, 2.05) is 6.07 Å². The van der Waals surface area contributed by atoms with Crippen LogP contribution in [0.2, 0.25) is 0 Å². The average Bonchev–Trinajstić information content (AvgIpc) is 2.77. The van der Waals surface area contributed by atoms with E-state index in [1.165, 1.54) is 6.33 Å². The molecule has 0 spiro atoms. The molecule has 0 unspecified atom stereocenters. The summed E-state index contributed by atoms with van der Waals surface area (Å²) in [5.41, 5.74) is 1.00. The summed E-state index contributed by atoms with van der Waals surface area (Å²) in [6.07, 6.45) is 2.38. The van der Waals surface area contributed by atoms with Gasteiger partial charge in [0.1, 0.15) is 12.1 Å². The highest BCUT2D eigenvalue weighted by molar-refractivity contribution is 5.44. The van der Waals surface area contributed by atoms with Crippen LogP contribution < -0.4 is 5.32 Å². The number of nitrogens with one attached hydrogen (secondary N) is 1. The van der Waals surface area contributed by atoms with Crippen LogP contribution in [0.4, 0.5) is 5.82 Å². The van der Waals surface area contributed by atoms with Crippen molar-refractivity contribution in [2.75, 3.05) is 25.6 Å². The standard InChI is InChI=1S/C10H15N5O/c1-3-8-6-9(11-4-5-16-2)15-10(14-8)12-7-13-15/h6-7,11H,3-5H2,1-2H3. The van der Waals surface area contributed by atoms with Crippen LogP contribution in [0.1, 0.15) is 12.6 Å². The second kappa shape index (κ2) is 4.89. The van der Waals surface area contributed by atoms with Crippen molar-refractivity contribution in [2.24, 2.45) is 0 Å². The molecule has 0 fully saturated rings. The average molecular weight is 221 g/mol. The number of aryl methyl sites for hydroxylation is 1. The summed E-state index contributed by atoms with van der Waals surface area (Å²) in [5.74, 6) is 1.52. The van der Waals surface area contributed by atoms with Crippen LogP contribution in [-0.4, -0.2) is 39.8 Å². The first-order valence-corrected chi connectivity index (χ1v) is 5.27. The molecule has 0 radical (unpaired) electrons. The van der Waals surface area contributed by atoms with Gasteiger partial charge in [0.2, 0.25) is 0 Å². The van der Waals surface area contributed by atoms with Crippen LogP contribution in [0.25, 0.3) is 5.78 Å². The van der Waals surface area contributed by atoms with Crippen molar-refractivity contribution in [3.05, 3.63) is 18.1 Å². The van der Waals surface area contributed by atoms with Gasteiger partial charge in [-0.25, -0.2) is 4.98 Å². The van der Waals surface area contributed by atoms with E-state index in [0.29, 0.717) is 12.4 Å². The quantitative estimate of drug-likeness (QED) is 0.755. The fourth-order valence-corrected chi connectivity index (χ4v) is 1.45. The fourth-order valence-electron chi connectivity index (χ4n) is 1.45. The molecule has 2 heterocycles. The Balaban J connectivity index is 2.29. The molecule has 6 nitrogen and oxygen atoms in total. The summed E-state index contributed by atoms with van der Waals surface area (Å²) < 4.78 is 6.68. The van der Waals surface area contributed by atoms with Gasteiger partial charge in [0.15, 0.2) is 0 Å². The molecule has 0 aliphatic heterocycles. The number of ether oxygens (including phenoxy) is 1. The number of aromatic nitrogens is 4. The van der Waals surface area contributed by atoms with Gasteiger partial charge < -0.3 is 10.1 Å². The summed E-state index contributed by atoms with van der Waals surface area (Å²) in [5, 5.41) is 7.36. The molecule has 16 heavy (non-hydrogen) atoms. The number of hydrogen-bond acceptors (Lipinski definition) is 5. The van der Waals surface area contributed by atoms with E-state index < -0.39 is 0 Å². The first-order valence-electron chi connectivity index (χ1n) is 5.27. The van der Waals surface area contributed by atoms with Gasteiger partial charge in [0.25, 0.3) is 5.78 Å². The smallest absolute Gasteiger partial charge is 0.254 e. The molecule has 2 rings (SSSR count). The molecular formula is C10H15N5O. The van der Waals surface area contributed by atoms with E-state index in [2.05, 4.69) is 27.3 Å². The van der Waals surface area contributed by atoms with E-state index in [0.717, 1.165) is 24.5 Å². The third-order valence-corrected chi connectivity index (χ3v) is 2.28. The Morgan fingerprint density at radius 2 is 2.38 bits per heavy atom. The number of nitrogens with zero attached hydrogens (tertiary/aromatic N) is 4. The Morgan fingerprint density at radius 1 is 1.50 bits per heavy atom. The molecule has 0 amide bonds. The van der Waals surface area contributed by atoms with Crippen LogP contribution >= 0.6 is 0 Å². The third kappa shape index (κ3) is 2.11. The number of hydrogen-bond donors (Lipinski definition) is 1. The number of fused-ring (bicyclic) bond motifs is 1. The Morgan fingerprint density at radius 3 is 3.12 bits per heavy atom. The van der Waals surface area contributed by atoms with Crippen molar-refractivity contribution in [3.8, 4) is 0 Å². The van der Waals surface area contributed by atoms with Crippen molar-refractivity contribution >= 4 is 11.6 Å². The molecule has 86 valence electrons. The van der Waals surface area contributed by atoms with Gasteiger partial charge in [-0.2, -0.15) is 14.6 Å². The van der Waals surface area contributed by atoms with E-state index >= 15 is 0 Å². The summed E-state index contributed by atoms with van der Waals surface area (Å²) in [7, 11) is 1.68. The minimum atomic E-state index is 0.624. The minimum Gasteiger partial charge on any atom is -0.383 e. The van der Waals surface area contributed by atoms with Crippen molar-refractivity contribution in [3.63, 3.8) is 0 Å². The van der Waals surface area contributed by atoms with Gasteiger partial charge in [-0.1, -0.05) is 6.92 Å². The van der Waals surface area contributed by atoms with Gasteiger partial charge in [0, 0.05) is 25.4 Å². The van der Waals surface area contributed by atoms with Crippen LogP contribution in [0, 0.1) is 0 Å². The van der Waals surface area contributed by atoms with Gasteiger partial charge in [-0.3, -0.25) is 0 Å². The number of anilines is 1. The van der Waals surface area contributed by atoms with E-state index in [9.17, 15) is 0 Å². The van der Waals surface area contributed by atoms with E-state index in [4.69, 9.17) is 4.74 Å². The maximum atomic E-state index is 4.99. The predicted octanol–water partition coefficient (Wildman–Crippen LogP) is 0.745. The Kier molecular flexibility index (Phi) is 3.31. The highest BCUT2D eigenvalue weighted by Crippen LogP contribution is 2.10. The maximum absolute atomic E-state index is 4.99. The van der Waals surface area contributed by atoms with Crippen LogP contribution in [0.3, 0.4) is 0 Å². The molecule has 0 atom stereocenters. The molecule has 0 saturated carbocycles. The van der Waals surface area contributed by atoms with Gasteiger partial charge in [-0.05, 0) is 6.42 Å². The largest absolute Gasteiger partial charge is 0.383 e. The van der Waals surface area contributed by atoms with E-state index in [1.54, 1.807) is 11.6 Å². The summed E-state index contributed by atoms with van der Waals surface area (Å²) in [6.45, 7) is 3.45. The van der Waals surface area contributed by atoms with Gasteiger partial charge in [-0.15, -0.1) is 0 Å². The lowest BCUT2D eigenvalue weighted by molar-refractivity contribution is 0.210. The summed E-state index contributed by atoms with van der Waals surface area (Å²) in [6, 6.07) is 1.98. The fraction of sp³-hybridized carbons (Fsp3) is 0.500. The summed E-state index contributed by atoms with van der Waals surface area (Å²) >= 11 is 0. The number of methoxy groups -OCH3 is 1. The highest BCUT2D eigenvalue weighted by atomic mass is 16.5.